The van der Waals surface area contributed by atoms with Crippen LogP contribution in [-0.4, -0.2) is 67.0 Å². The number of halogens is 1. The third-order valence-electron chi connectivity index (χ3n) is 6.43. The van der Waals surface area contributed by atoms with Gasteiger partial charge in [-0.3, -0.25) is 14.7 Å². The summed E-state index contributed by atoms with van der Waals surface area (Å²) in [6.45, 7) is 10.3. The third kappa shape index (κ3) is 7.63. The van der Waals surface area contributed by atoms with Gasteiger partial charge in [0.15, 0.2) is 5.96 Å². The Labute approximate surface area is 205 Å². The van der Waals surface area contributed by atoms with Crippen molar-refractivity contribution in [3.63, 3.8) is 0 Å². The van der Waals surface area contributed by atoms with Gasteiger partial charge in [0, 0.05) is 44.3 Å². The smallest absolute Gasteiger partial charge is 0.253 e. The van der Waals surface area contributed by atoms with Crippen molar-refractivity contribution < 1.29 is 4.79 Å². The number of benzene rings is 1. The van der Waals surface area contributed by atoms with E-state index in [4.69, 9.17) is 0 Å². The Morgan fingerprint density at radius 3 is 2.10 bits per heavy atom. The number of amides is 1. The average molecular weight is 542 g/mol. The number of nitrogens with one attached hydrogen (secondary N) is 2. The van der Waals surface area contributed by atoms with Crippen molar-refractivity contribution >= 4 is 35.8 Å². The zero-order valence-corrected chi connectivity index (χ0v) is 21.8. The zero-order valence-electron chi connectivity index (χ0n) is 19.5. The van der Waals surface area contributed by atoms with Gasteiger partial charge in [-0.15, -0.1) is 24.0 Å². The van der Waals surface area contributed by atoms with E-state index in [9.17, 15) is 4.79 Å². The van der Waals surface area contributed by atoms with E-state index in [0.29, 0.717) is 6.54 Å². The lowest BCUT2D eigenvalue weighted by molar-refractivity contribution is 0.0724. The summed E-state index contributed by atoms with van der Waals surface area (Å²) < 4.78 is 0. The fourth-order valence-electron chi connectivity index (χ4n) is 4.36. The van der Waals surface area contributed by atoms with Gasteiger partial charge >= 0.3 is 0 Å². The topological polar surface area (TPSA) is 60.0 Å². The Balaban J connectivity index is 0.00000341. The number of aliphatic imine (C=N–C) groups is 1. The van der Waals surface area contributed by atoms with Crippen LogP contribution in [0.5, 0.6) is 0 Å². The van der Waals surface area contributed by atoms with E-state index in [2.05, 4.69) is 34.4 Å². The fraction of sp³-hybridized carbons (Fsp3) is 0.667. The van der Waals surface area contributed by atoms with Crippen LogP contribution in [0.3, 0.4) is 0 Å². The van der Waals surface area contributed by atoms with Crippen LogP contribution >= 0.6 is 24.0 Å². The Hall–Kier alpha value is -1.35. The standard InChI is InChI=1S/C24H39N5O.HI/c1-24(2,29-16-8-5-9-17-29)19-27-23(25-3)26-18-20-10-12-21(13-11-20)22(30)28-14-6-4-7-15-28;/h10-13H,4-9,14-19H2,1-3H3,(H2,25,26,27);1H. The van der Waals surface area contributed by atoms with E-state index >= 15 is 0 Å². The number of guanidine groups is 1. The molecule has 174 valence electrons. The van der Waals surface area contributed by atoms with Crippen molar-refractivity contribution in [1.82, 2.24) is 20.4 Å². The first kappa shape index (κ1) is 25.9. The summed E-state index contributed by atoms with van der Waals surface area (Å²) in [6, 6.07) is 7.97. The summed E-state index contributed by atoms with van der Waals surface area (Å²) in [5.41, 5.74) is 2.03. The van der Waals surface area contributed by atoms with Gasteiger partial charge in [0.2, 0.25) is 0 Å². The van der Waals surface area contributed by atoms with E-state index in [-0.39, 0.29) is 35.4 Å². The number of hydrogen-bond acceptors (Lipinski definition) is 3. The maximum atomic E-state index is 12.6. The number of hydrogen-bond donors (Lipinski definition) is 2. The summed E-state index contributed by atoms with van der Waals surface area (Å²) in [5, 5.41) is 6.88. The van der Waals surface area contributed by atoms with Crippen molar-refractivity contribution in [1.29, 1.82) is 0 Å². The lowest BCUT2D eigenvalue weighted by atomic mass is 9.98. The molecule has 2 heterocycles. The number of nitrogens with zero attached hydrogens (tertiary/aromatic N) is 3. The van der Waals surface area contributed by atoms with Gasteiger partial charge in [-0.25, -0.2) is 0 Å². The van der Waals surface area contributed by atoms with E-state index in [1.807, 2.05) is 36.2 Å². The minimum absolute atomic E-state index is 0. The first-order valence-corrected chi connectivity index (χ1v) is 11.6. The normalized spacial score (nSPS) is 18.3. The highest BCUT2D eigenvalue weighted by Gasteiger charge is 2.27. The number of piperidine rings is 2. The van der Waals surface area contributed by atoms with Crippen LogP contribution in [0.15, 0.2) is 29.3 Å². The maximum absolute atomic E-state index is 12.6. The van der Waals surface area contributed by atoms with Crippen LogP contribution < -0.4 is 10.6 Å². The molecule has 2 N–H and O–H groups in total. The predicted molar refractivity (Wildman–Crippen MR) is 139 cm³/mol. The van der Waals surface area contributed by atoms with E-state index < -0.39 is 0 Å². The van der Waals surface area contributed by atoms with Crippen LogP contribution in [0.4, 0.5) is 0 Å². The Morgan fingerprint density at radius 1 is 0.935 bits per heavy atom. The largest absolute Gasteiger partial charge is 0.355 e. The molecule has 0 radical (unpaired) electrons. The predicted octanol–water partition coefficient (Wildman–Crippen LogP) is 3.86. The molecule has 2 aliphatic rings. The molecule has 31 heavy (non-hydrogen) atoms. The lowest BCUT2D eigenvalue weighted by Crippen LogP contribution is -2.54. The quantitative estimate of drug-likeness (QED) is 0.326. The molecule has 0 atom stereocenters. The number of carbonyl (C=O) groups excluding carboxylic acids is 1. The SMILES string of the molecule is CN=C(NCc1ccc(C(=O)N2CCCCC2)cc1)NCC(C)(C)N1CCCCC1.I. The minimum Gasteiger partial charge on any atom is -0.355 e. The Bertz CT molecular complexity index is 707. The molecule has 0 aromatic heterocycles. The Kier molecular flexibility index (Phi) is 10.6. The highest BCUT2D eigenvalue weighted by atomic mass is 127. The summed E-state index contributed by atoms with van der Waals surface area (Å²) in [6.07, 6.45) is 7.42. The summed E-state index contributed by atoms with van der Waals surface area (Å²) in [4.78, 5) is 21.5. The van der Waals surface area contributed by atoms with Gasteiger partial charge < -0.3 is 15.5 Å². The molecule has 3 rings (SSSR count). The number of likely N-dealkylation sites (tertiary alicyclic amines) is 2. The second-order valence-corrected chi connectivity index (χ2v) is 9.19. The van der Waals surface area contributed by atoms with Crippen molar-refractivity contribution in [3.8, 4) is 0 Å². The van der Waals surface area contributed by atoms with E-state index in [1.54, 1.807) is 0 Å². The first-order chi connectivity index (χ1) is 14.5. The molecule has 1 amide bonds. The summed E-state index contributed by atoms with van der Waals surface area (Å²) in [7, 11) is 1.81. The number of carbonyl (C=O) groups is 1. The molecule has 1 aromatic rings. The van der Waals surface area contributed by atoms with Crippen molar-refractivity contribution in [2.75, 3.05) is 39.8 Å². The molecule has 0 unspecified atom stereocenters. The van der Waals surface area contributed by atoms with Gasteiger partial charge in [0.05, 0.1) is 0 Å². The molecule has 7 heteroatoms. The van der Waals surface area contributed by atoms with Crippen molar-refractivity contribution in [2.45, 2.75) is 64.5 Å². The lowest BCUT2D eigenvalue weighted by Gasteiger charge is -2.41. The van der Waals surface area contributed by atoms with Gasteiger partial charge in [-0.1, -0.05) is 18.6 Å². The Morgan fingerprint density at radius 2 is 1.52 bits per heavy atom. The molecule has 0 spiro atoms. The van der Waals surface area contributed by atoms with Crippen LogP contribution in [0.25, 0.3) is 0 Å². The summed E-state index contributed by atoms with van der Waals surface area (Å²) in [5.74, 6) is 0.972. The molecule has 2 saturated heterocycles. The fourth-order valence-corrected chi connectivity index (χ4v) is 4.36. The van der Waals surface area contributed by atoms with Crippen LogP contribution in [0, 0.1) is 0 Å². The van der Waals surface area contributed by atoms with Crippen molar-refractivity contribution in [3.05, 3.63) is 35.4 Å². The second-order valence-electron chi connectivity index (χ2n) is 9.19. The molecule has 2 fully saturated rings. The highest BCUT2D eigenvalue weighted by Crippen LogP contribution is 2.19. The molecule has 0 bridgehead atoms. The maximum Gasteiger partial charge on any atom is 0.253 e. The molecule has 0 saturated carbocycles. The van der Waals surface area contributed by atoms with Crippen LogP contribution in [0.2, 0.25) is 0 Å². The monoisotopic (exact) mass is 541 g/mol. The van der Waals surface area contributed by atoms with Gasteiger partial charge in [-0.2, -0.15) is 0 Å². The molecular weight excluding hydrogens is 501 g/mol. The van der Waals surface area contributed by atoms with Gasteiger partial charge in [0.25, 0.3) is 5.91 Å². The number of rotatable bonds is 6. The molecular formula is C24H40IN5O. The van der Waals surface area contributed by atoms with E-state index in [1.165, 1.54) is 38.8 Å². The molecule has 1 aromatic carbocycles. The average Bonchev–Trinajstić information content (AvgIpc) is 2.80. The second kappa shape index (κ2) is 12.6. The minimum atomic E-state index is 0. The van der Waals surface area contributed by atoms with Gasteiger partial charge in [-0.05, 0) is 76.7 Å². The molecule has 2 aliphatic heterocycles. The van der Waals surface area contributed by atoms with Crippen LogP contribution in [0.1, 0.15) is 68.3 Å². The van der Waals surface area contributed by atoms with Crippen LogP contribution in [-0.2, 0) is 6.54 Å². The third-order valence-corrected chi connectivity index (χ3v) is 6.43. The molecule has 0 aliphatic carbocycles. The first-order valence-electron chi connectivity index (χ1n) is 11.6. The molecule has 6 nitrogen and oxygen atoms in total. The zero-order chi connectivity index (χ0) is 21.4. The summed E-state index contributed by atoms with van der Waals surface area (Å²) >= 11 is 0. The van der Waals surface area contributed by atoms with Gasteiger partial charge in [0.1, 0.15) is 0 Å². The van der Waals surface area contributed by atoms with E-state index in [0.717, 1.165) is 49.6 Å². The highest BCUT2D eigenvalue weighted by molar-refractivity contribution is 14.0. The van der Waals surface area contributed by atoms with Crippen molar-refractivity contribution in [2.24, 2.45) is 4.99 Å².